The number of benzene rings is 2. The first kappa shape index (κ1) is 19.1. The molecule has 1 aliphatic rings. The Balaban J connectivity index is 1.31. The molecular weight excluding hydrogens is 414 g/mol. The van der Waals surface area contributed by atoms with Crippen molar-refractivity contribution in [1.82, 2.24) is 35.5 Å². The highest BCUT2D eigenvalue weighted by atomic mass is 19.3. The van der Waals surface area contributed by atoms with Crippen molar-refractivity contribution in [3.63, 3.8) is 0 Å². The fourth-order valence-electron chi connectivity index (χ4n) is 4.38. The Kier molecular flexibility index (Phi) is 4.14. The van der Waals surface area contributed by atoms with Crippen LogP contribution in [0.1, 0.15) is 11.3 Å². The molecule has 4 heterocycles. The van der Waals surface area contributed by atoms with Crippen molar-refractivity contribution in [2.75, 3.05) is 13.1 Å². The predicted molar refractivity (Wildman–Crippen MR) is 117 cm³/mol. The highest BCUT2D eigenvalue weighted by molar-refractivity contribution is 5.97. The quantitative estimate of drug-likeness (QED) is 0.338. The van der Waals surface area contributed by atoms with E-state index in [9.17, 15) is 8.78 Å². The van der Waals surface area contributed by atoms with E-state index in [1.54, 1.807) is 4.90 Å². The van der Waals surface area contributed by atoms with Gasteiger partial charge < -0.3 is 10.7 Å². The smallest absolute Gasteiger partial charge is 0.272 e. The number of H-pyrrole nitrogens is 3. The van der Waals surface area contributed by atoms with E-state index in [0.29, 0.717) is 18.8 Å². The van der Waals surface area contributed by atoms with E-state index in [0.717, 1.165) is 50.0 Å². The minimum atomic E-state index is -2.55. The molecule has 1 saturated heterocycles. The molecule has 32 heavy (non-hydrogen) atoms. The van der Waals surface area contributed by atoms with Crippen molar-refractivity contribution in [3.8, 4) is 22.6 Å². The Morgan fingerprint density at radius 1 is 0.969 bits per heavy atom. The van der Waals surface area contributed by atoms with Gasteiger partial charge in [0, 0.05) is 34.9 Å². The van der Waals surface area contributed by atoms with Crippen LogP contribution in [-0.2, 0) is 13.1 Å². The maximum absolute atomic E-state index is 13.1. The Labute approximate surface area is 180 Å². The maximum atomic E-state index is 13.1. The van der Waals surface area contributed by atoms with Gasteiger partial charge in [-0.3, -0.25) is 10.00 Å². The lowest BCUT2D eigenvalue weighted by atomic mass is 10.1. The monoisotopic (exact) mass is 434 g/mol. The fraction of sp³-hybridized carbons (Fsp3) is 0.227. The largest absolute Gasteiger partial charge is 0.353 e. The average molecular weight is 434 g/mol. The number of aromatic nitrogens is 6. The van der Waals surface area contributed by atoms with E-state index in [1.165, 1.54) is 0 Å². The molecule has 1 fully saturated rings. The number of hydrogen-bond acceptors (Lipinski definition) is 5. The van der Waals surface area contributed by atoms with Crippen LogP contribution in [-0.4, -0.2) is 54.5 Å². The van der Waals surface area contributed by atoms with Crippen molar-refractivity contribution < 1.29 is 8.78 Å². The molecule has 5 N–H and O–H groups in total. The Hall–Kier alpha value is -3.63. The van der Waals surface area contributed by atoms with E-state index in [1.807, 2.05) is 42.5 Å². The standard InChI is InChI=1S/C22H20F2N8/c23-22(24)10-32(11-22)9-12-1-4-16-14(5-12)7-18(26-16)21-15-3-2-13(6-17(15)27-29-21)20-19(8-25)28-31-30-20/h1-7,26H,8-11,25H2,(H,27,29)(H,28,30,31). The van der Waals surface area contributed by atoms with Crippen LogP contribution in [0.2, 0.25) is 0 Å². The van der Waals surface area contributed by atoms with Crippen molar-refractivity contribution in [2.45, 2.75) is 19.0 Å². The van der Waals surface area contributed by atoms with Gasteiger partial charge in [-0.15, -0.1) is 0 Å². The van der Waals surface area contributed by atoms with Gasteiger partial charge in [0.25, 0.3) is 5.92 Å². The van der Waals surface area contributed by atoms with Gasteiger partial charge >= 0.3 is 0 Å². The van der Waals surface area contributed by atoms with Crippen LogP contribution in [0.5, 0.6) is 0 Å². The van der Waals surface area contributed by atoms with Gasteiger partial charge in [0.1, 0.15) is 17.1 Å². The molecule has 0 radical (unpaired) electrons. The molecule has 0 saturated carbocycles. The van der Waals surface area contributed by atoms with Crippen LogP contribution in [0.4, 0.5) is 8.78 Å². The number of alkyl halides is 2. The molecule has 0 atom stereocenters. The van der Waals surface area contributed by atoms with Crippen LogP contribution in [0.3, 0.4) is 0 Å². The minimum absolute atomic E-state index is 0.175. The van der Waals surface area contributed by atoms with E-state index < -0.39 is 5.92 Å². The van der Waals surface area contributed by atoms with Crippen LogP contribution in [0.25, 0.3) is 44.5 Å². The van der Waals surface area contributed by atoms with Crippen LogP contribution in [0, 0.1) is 0 Å². The number of nitrogens with zero attached hydrogens (tertiary/aromatic N) is 4. The van der Waals surface area contributed by atoms with E-state index >= 15 is 0 Å². The third kappa shape index (κ3) is 3.15. The Morgan fingerprint density at radius 3 is 2.66 bits per heavy atom. The third-order valence-electron chi connectivity index (χ3n) is 5.91. The normalized spacial score (nSPS) is 16.1. The first-order valence-corrected chi connectivity index (χ1v) is 10.3. The molecule has 0 bridgehead atoms. The lowest BCUT2D eigenvalue weighted by molar-refractivity contribution is -0.133. The number of fused-ring (bicyclic) bond motifs is 2. The van der Waals surface area contributed by atoms with Crippen molar-refractivity contribution in [1.29, 1.82) is 0 Å². The zero-order valence-corrected chi connectivity index (χ0v) is 17.0. The summed E-state index contributed by atoms with van der Waals surface area (Å²) in [6.07, 6.45) is 0. The van der Waals surface area contributed by atoms with E-state index in [2.05, 4.69) is 30.6 Å². The van der Waals surface area contributed by atoms with Gasteiger partial charge in [-0.1, -0.05) is 12.1 Å². The molecule has 0 spiro atoms. The number of rotatable bonds is 5. The molecule has 0 aliphatic carbocycles. The minimum Gasteiger partial charge on any atom is -0.353 e. The predicted octanol–water partition coefficient (Wildman–Crippen LogP) is 3.41. The van der Waals surface area contributed by atoms with Gasteiger partial charge in [0.05, 0.1) is 24.3 Å². The summed E-state index contributed by atoms with van der Waals surface area (Å²) in [6.45, 7) is 0.472. The van der Waals surface area contributed by atoms with Crippen LogP contribution < -0.4 is 5.73 Å². The molecule has 0 unspecified atom stereocenters. The van der Waals surface area contributed by atoms with Crippen molar-refractivity contribution in [3.05, 3.63) is 53.7 Å². The van der Waals surface area contributed by atoms with E-state index in [-0.39, 0.29) is 13.1 Å². The van der Waals surface area contributed by atoms with Gasteiger partial charge in [0.15, 0.2) is 0 Å². The first-order valence-electron chi connectivity index (χ1n) is 10.3. The summed E-state index contributed by atoms with van der Waals surface area (Å²) in [5, 5.41) is 20.5. The second-order valence-corrected chi connectivity index (χ2v) is 8.26. The van der Waals surface area contributed by atoms with Crippen LogP contribution in [0.15, 0.2) is 42.5 Å². The summed E-state index contributed by atoms with van der Waals surface area (Å²) in [6, 6.07) is 14.0. The lowest BCUT2D eigenvalue weighted by Gasteiger charge is -2.38. The summed E-state index contributed by atoms with van der Waals surface area (Å²) >= 11 is 0. The van der Waals surface area contributed by atoms with Crippen molar-refractivity contribution in [2.24, 2.45) is 5.73 Å². The van der Waals surface area contributed by atoms with Gasteiger partial charge in [0.2, 0.25) is 0 Å². The number of aromatic amines is 3. The zero-order valence-electron chi connectivity index (χ0n) is 17.0. The second-order valence-electron chi connectivity index (χ2n) is 8.26. The molecular formula is C22H20F2N8. The zero-order chi connectivity index (χ0) is 21.9. The molecule has 162 valence electrons. The summed E-state index contributed by atoms with van der Waals surface area (Å²) in [5.41, 5.74) is 12.6. The van der Waals surface area contributed by atoms with Gasteiger partial charge in [-0.05, 0) is 35.9 Å². The maximum Gasteiger partial charge on any atom is 0.272 e. The number of nitrogens with one attached hydrogen (secondary N) is 3. The number of hydrogen-bond donors (Lipinski definition) is 4. The highest BCUT2D eigenvalue weighted by Crippen LogP contribution is 2.32. The second kappa shape index (κ2) is 6.94. The Morgan fingerprint density at radius 2 is 1.84 bits per heavy atom. The summed E-state index contributed by atoms with van der Waals surface area (Å²) < 4.78 is 26.2. The van der Waals surface area contributed by atoms with Gasteiger partial charge in [-0.25, -0.2) is 8.78 Å². The molecule has 1 aliphatic heterocycles. The molecule has 3 aromatic heterocycles. The number of nitrogens with two attached hydrogens (primary N) is 1. The highest BCUT2D eigenvalue weighted by Gasteiger charge is 2.43. The molecule has 6 rings (SSSR count). The Bertz CT molecular complexity index is 1440. The molecule has 0 amide bonds. The van der Waals surface area contributed by atoms with Crippen LogP contribution >= 0.6 is 0 Å². The molecule has 8 nitrogen and oxygen atoms in total. The average Bonchev–Trinajstić information content (AvgIpc) is 3.48. The summed E-state index contributed by atoms with van der Waals surface area (Å²) in [7, 11) is 0. The topological polar surface area (TPSA) is 115 Å². The fourth-order valence-corrected chi connectivity index (χ4v) is 4.38. The summed E-state index contributed by atoms with van der Waals surface area (Å²) in [5.74, 6) is -2.55. The lowest BCUT2D eigenvalue weighted by Crippen LogP contribution is -2.55. The third-order valence-corrected chi connectivity index (χ3v) is 5.91. The molecule has 5 aromatic rings. The summed E-state index contributed by atoms with van der Waals surface area (Å²) in [4.78, 5) is 5.16. The first-order chi connectivity index (χ1) is 15.5. The van der Waals surface area contributed by atoms with Crippen molar-refractivity contribution >= 4 is 21.8 Å². The SMILES string of the molecule is NCc1n[nH]nc1-c1ccc2c(-c3cc4cc(CN5CC(F)(F)C5)ccc4[nH]3)n[nH]c2c1. The van der Waals surface area contributed by atoms with E-state index in [4.69, 9.17) is 5.73 Å². The molecule has 2 aromatic carbocycles. The van der Waals surface area contributed by atoms with Gasteiger partial charge in [-0.2, -0.15) is 20.5 Å². The number of likely N-dealkylation sites (tertiary alicyclic amines) is 1. The number of halogens is 2. The molecule has 10 heteroatoms.